The predicted octanol–water partition coefficient (Wildman–Crippen LogP) is 1.90. The molecule has 180 valence electrons. The molecule has 1 aliphatic heterocycles. The zero-order chi connectivity index (χ0) is 24.0. The van der Waals surface area contributed by atoms with Crippen LogP contribution in [0.4, 0.5) is 0 Å². The first-order valence-electron chi connectivity index (χ1n) is 11.7. The number of hydrogen-bond acceptors (Lipinski definition) is 6. The van der Waals surface area contributed by atoms with Crippen molar-refractivity contribution in [2.24, 2.45) is 23.2 Å². The molecule has 1 amide bonds. The Hall–Kier alpha value is -1.54. The molecule has 2 aliphatic carbocycles. The zero-order valence-electron chi connectivity index (χ0n) is 20.1. The van der Waals surface area contributed by atoms with E-state index in [0.717, 1.165) is 23.1 Å². The van der Waals surface area contributed by atoms with Crippen LogP contribution in [0.5, 0.6) is 0 Å². The number of amides is 1. The Morgan fingerprint density at radius 3 is 2.41 bits per heavy atom. The Morgan fingerprint density at radius 2 is 1.81 bits per heavy atom. The summed E-state index contributed by atoms with van der Waals surface area (Å²) in [4.78, 5) is 27.8. The summed E-state index contributed by atoms with van der Waals surface area (Å²) in [5, 5.41) is 35.5. The van der Waals surface area contributed by atoms with Crippen molar-refractivity contribution in [3.05, 3.63) is 22.8 Å². The Balaban J connectivity index is 2.24. The van der Waals surface area contributed by atoms with E-state index >= 15 is 0 Å². The van der Waals surface area contributed by atoms with Gasteiger partial charge in [-0.25, -0.2) is 0 Å². The molecule has 7 heteroatoms. The first-order chi connectivity index (χ1) is 15.0. The second-order valence-electron chi connectivity index (χ2n) is 10.4. The maximum absolute atomic E-state index is 14.1. The fraction of sp³-hybridized carbons (Fsp3) is 0.760. The predicted molar refractivity (Wildman–Crippen MR) is 121 cm³/mol. The molecule has 0 aromatic rings. The summed E-state index contributed by atoms with van der Waals surface area (Å²) in [7, 11) is 1.39. The average molecular weight is 450 g/mol. The number of Topliss-reactive ketones (excluding diaryl/α,β-unsaturated/α-hetero) is 1. The average Bonchev–Trinajstić information content (AvgIpc) is 3.01. The highest BCUT2D eigenvalue weighted by molar-refractivity contribution is 6.10. The SMILES string of the molecule is COC1CC(=O)C23C(=O)NC(CC(C)C)C2C(C)=C(C)C(O)C3C=C(C)CCC(O)C1O. The molecule has 8 unspecified atom stereocenters. The van der Waals surface area contributed by atoms with E-state index in [9.17, 15) is 24.9 Å². The smallest absolute Gasteiger partial charge is 0.235 e. The van der Waals surface area contributed by atoms with E-state index in [1.54, 1.807) is 0 Å². The fourth-order valence-corrected chi connectivity index (χ4v) is 6.12. The largest absolute Gasteiger partial charge is 0.390 e. The Kier molecular flexibility index (Phi) is 7.35. The van der Waals surface area contributed by atoms with Crippen LogP contribution in [0.1, 0.15) is 60.3 Å². The van der Waals surface area contributed by atoms with Gasteiger partial charge in [-0.15, -0.1) is 0 Å². The van der Waals surface area contributed by atoms with E-state index in [2.05, 4.69) is 19.2 Å². The van der Waals surface area contributed by atoms with Gasteiger partial charge in [0.15, 0.2) is 5.78 Å². The fourth-order valence-electron chi connectivity index (χ4n) is 6.12. The van der Waals surface area contributed by atoms with E-state index in [1.165, 1.54) is 7.11 Å². The number of nitrogens with one attached hydrogen (secondary N) is 1. The molecular formula is C25H39NO6. The second kappa shape index (κ2) is 9.37. The van der Waals surface area contributed by atoms with Crippen LogP contribution in [0, 0.1) is 23.2 Å². The highest BCUT2D eigenvalue weighted by atomic mass is 16.5. The molecule has 1 fully saturated rings. The lowest BCUT2D eigenvalue weighted by Gasteiger charge is -2.46. The third kappa shape index (κ3) is 3.98. The lowest BCUT2D eigenvalue weighted by atomic mass is 9.54. The minimum atomic E-state index is -1.48. The van der Waals surface area contributed by atoms with Crippen molar-refractivity contribution in [2.45, 2.75) is 90.8 Å². The van der Waals surface area contributed by atoms with Crippen LogP contribution in [-0.2, 0) is 14.3 Å². The number of carbonyl (C=O) groups is 2. The van der Waals surface area contributed by atoms with Crippen molar-refractivity contribution >= 4 is 11.7 Å². The minimum absolute atomic E-state index is 0.213. The molecular weight excluding hydrogens is 410 g/mol. The number of ether oxygens (including phenoxy) is 1. The Labute approximate surface area is 190 Å². The van der Waals surface area contributed by atoms with Crippen LogP contribution in [0.15, 0.2) is 22.8 Å². The van der Waals surface area contributed by atoms with Crippen molar-refractivity contribution in [2.75, 3.05) is 7.11 Å². The topological polar surface area (TPSA) is 116 Å². The first-order valence-corrected chi connectivity index (χ1v) is 11.7. The van der Waals surface area contributed by atoms with Crippen LogP contribution in [0.25, 0.3) is 0 Å². The van der Waals surface area contributed by atoms with Gasteiger partial charge in [0.1, 0.15) is 11.5 Å². The molecule has 7 nitrogen and oxygen atoms in total. The molecule has 0 aromatic heterocycles. The summed E-state index contributed by atoms with van der Waals surface area (Å²) >= 11 is 0. The van der Waals surface area contributed by atoms with Crippen LogP contribution in [0.3, 0.4) is 0 Å². The summed E-state index contributed by atoms with van der Waals surface area (Å²) < 4.78 is 5.42. The van der Waals surface area contributed by atoms with Gasteiger partial charge in [0.25, 0.3) is 0 Å². The maximum atomic E-state index is 14.1. The molecule has 8 atom stereocenters. The van der Waals surface area contributed by atoms with Crippen molar-refractivity contribution in [1.29, 1.82) is 0 Å². The summed E-state index contributed by atoms with van der Waals surface area (Å²) in [6.45, 7) is 9.84. The van der Waals surface area contributed by atoms with Gasteiger partial charge in [0, 0.05) is 31.4 Å². The standard InChI is InChI=1S/C25H39NO6/c1-12(2)9-17-21-14(4)15(5)22(29)16-10-13(3)7-8-18(27)23(30)19(32-6)11-20(28)25(16,21)24(31)26-17/h10,12,16-19,21-23,27,29-30H,7-9,11H2,1-6H3,(H,26,31). The quantitative estimate of drug-likeness (QED) is 0.386. The number of aliphatic hydroxyl groups excluding tert-OH is 3. The molecule has 0 bridgehead atoms. The van der Waals surface area contributed by atoms with Crippen molar-refractivity contribution in [3.8, 4) is 0 Å². The van der Waals surface area contributed by atoms with Gasteiger partial charge in [0.05, 0.1) is 18.3 Å². The summed E-state index contributed by atoms with van der Waals surface area (Å²) in [5.74, 6) is -1.51. The van der Waals surface area contributed by atoms with Gasteiger partial charge < -0.3 is 25.4 Å². The lowest BCUT2D eigenvalue weighted by Crippen LogP contribution is -2.56. The van der Waals surface area contributed by atoms with Crippen molar-refractivity contribution in [1.82, 2.24) is 5.32 Å². The third-order valence-electron chi connectivity index (χ3n) is 7.93. The number of rotatable bonds is 3. The summed E-state index contributed by atoms with van der Waals surface area (Å²) in [5.41, 5.74) is 1.07. The molecule has 0 aromatic carbocycles. The number of ketones is 1. The highest BCUT2D eigenvalue weighted by Gasteiger charge is 2.67. The third-order valence-corrected chi connectivity index (χ3v) is 7.93. The molecule has 0 saturated carbocycles. The van der Waals surface area contributed by atoms with Gasteiger partial charge in [-0.1, -0.05) is 31.1 Å². The minimum Gasteiger partial charge on any atom is -0.390 e. The van der Waals surface area contributed by atoms with Gasteiger partial charge >= 0.3 is 0 Å². The van der Waals surface area contributed by atoms with Crippen LogP contribution in [-0.4, -0.2) is 64.6 Å². The molecule has 32 heavy (non-hydrogen) atoms. The van der Waals surface area contributed by atoms with E-state index in [0.29, 0.717) is 18.8 Å². The van der Waals surface area contributed by atoms with E-state index in [1.807, 2.05) is 26.8 Å². The Morgan fingerprint density at radius 1 is 1.16 bits per heavy atom. The molecule has 4 N–H and O–H groups in total. The monoisotopic (exact) mass is 449 g/mol. The summed E-state index contributed by atoms with van der Waals surface area (Å²) in [6, 6.07) is -0.216. The molecule has 0 radical (unpaired) electrons. The zero-order valence-corrected chi connectivity index (χ0v) is 20.1. The van der Waals surface area contributed by atoms with Gasteiger partial charge in [0.2, 0.25) is 5.91 Å². The number of aliphatic hydroxyl groups is 3. The number of allylic oxidation sites excluding steroid dienone is 1. The maximum Gasteiger partial charge on any atom is 0.235 e. The molecule has 3 rings (SSSR count). The molecule has 1 heterocycles. The van der Waals surface area contributed by atoms with Gasteiger partial charge in [-0.3, -0.25) is 9.59 Å². The van der Waals surface area contributed by atoms with Crippen molar-refractivity contribution < 1.29 is 29.6 Å². The van der Waals surface area contributed by atoms with E-state index < -0.39 is 35.7 Å². The second-order valence-corrected chi connectivity index (χ2v) is 10.4. The highest BCUT2D eigenvalue weighted by Crippen LogP contribution is 2.56. The number of methoxy groups -OCH3 is 1. The first kappa shape index (κ1) is 25.1. The summed E-state index contributed by atoms with van der Waals surface area (Å²) in [6.07, 6.45) is -1.06. The molecule has 3 aliphatic rings. The Bertz CT molecular complexity index is 817. The van der Waals surface area contributed by atoms with Gasteiger partial charge in [-0.2, -0.15) is 0 Å². The molecule has 1 spiro atoms. The lowest BCUT2D eigenvalue weighted by molar-refractivity contribution is -0.151. The van der Waals surface area contributed by atoms with Crippen LogP contribution < -0.4 is 5.32 Å². The normalized spacial score (nSPS) is 41.1. The number of carbonyl (C=O) groups excluding carboxylic acids is 2. The van der Waals surface area contributed by atoms with Gasteiger partial charge in [-0.05, 0) is 51.5 Å². The van der Waals surface area contributed by atoms with E-state index in [4.69, 9.17) is 4.74 Å². The van der Waals surface area contributed by atoms with Crippen LogP contribution in [0.2, 0.25) is 0 Å². The number of hydrogen-bond donors (Lipinski definition) is 4. The van der Waals surface area contributed by atoms with Crippen LogP contribution >= 0.6 is 0 Å². The van der Waals surface area contributed by atoms with Crippen molar-refractivity contribution in [3.63, 3.8) is 0 Å². The van der Waals surface area contributed by atoms with E-state index in [-0.39, 0.29) is 30.1 Å². The molecule has 1 saturated heterocycles.